The van der Waals surface area contributed by atoms with Crippen LogP contribution in [0, 0.1) is 0 Å². The number of piperazine rings is 1. The third-order valence-electron chi connectivity index (χ3n) is 5.57. The Morgan fingerprint density at radius 1 is 0.900 bits per heavy atom. The summed E-state index contributed by atoms with van der Waals surface area (Å²) >= 11 is 0. The van der Waals surface area contributed by atoms with Gasteiger partial charge in [0.05, 0.1) is 25.2 Å². The number of hydrogen-bond acceptors (Lipinski definition) is 6. The van der Waals surface area contributed by atoms with Gasteiger partial charge in [0.25, 0.3) is 0 Å². The monoisotopic (exact) mass is 400 g/mol. The second kappa shape index (κ2) is 8.12. The standard InChI is InChI=1S/C23H24N6O/c1-30-22-8-7-20(14-24-22)28-11-9-27(10-12-28)16-18-13-25-23-21(15-26-29(23)17-18)19-5-3-2-4-6-19/h2-8,13-15,17H,9-12,16H2,1H3. The van der Waals surface area contributed by atoms with Gasteiger partial charge >= 0.3 is 0 Å². The number of ether oxygens (including phenoxy) is 1. The minimum absolute atomic E-state index is 0.648. The van der Waals surface area contributed by atoms with Crippen molar-refractivity contribution < 1.29 is 4.74 Å². The zero-order valence-electron chi connectivity index (χ0n) is 17.0. The van der Waals surface area contributed by atoms with E-state index >= 15 is 0 Å². The second-order valence-electron chi connectivity index (χ2n) is 7.48. The number of benzene rings is 1. The Morgan fingerprint density at radius 2 is 1.73 bits per heavy atom. The van der Waals surface area contributed by atoms with Crippen LogP contribution >= 0.6 is 0 Å². The fraction of sp³-hybridized carbons (Fsp3) is 0.261. The summed E-state index contributed by atoms with van der Waals surface area (Å²) in [4.78, 5) is 13.8. The van der Waals surface area contributed by atoms with Gasteiger partial charge in [-0.15, -0.1) is 0 Å². The topological polar surface area (TPSA) is 58.8 Å². The molecule has 0 N–H and O–H groups in total. The Hall–Kier alpha value is -3.45. The molecule has 0 saturated carbocycles. The molecule has 1 aliphatic heterocycles. The molecule has 0 unspecified atom stereocenters. The minimum atomic E-state index is 0.648. The Morgan fingerprint density at radius 3 is 2.47 bits per heavy atom. The highest BCUT2D eigenvalue weighted by Crippen LogP contribution is 2.23. The smallest absolute Gasteiger partial charge is 0.213 e. The van der Waals surface area contributed by atoms with Gasteiger partial charge in [-0.05, 0) is 11.6 Å². The molecule has 0 radical (unpaired) electrons. The summed E-state index contributed by atoms with van der Waals surface area (Å²) in [6.07, 6.45) is 7.84. The number of fused-ring (bicyclic) bond motifs is 1. The largest absolute Gasteiger partial charge is 0.481 e. The average Bonchev–Trinajstić information content (AvgIpc) is 3.23. The molecular weight excluding hydrogens is 376 g/mol. The number of rotatable bonds is 5. The van der Waals surface area contributed by atoms with Gasteiger partial charge in [-0.3, -0.25) is 4.90 Å². The lowest BCUT2D eigenvalue weighted by Crippen LogP contribution is -2.46. The Kier molecular flexibility index (Phi) is 5.03. The Balaban J connectivity index is 1.24. The second-order valence-corrected chi connectivity index (χ2v) is 7.48. The van der Waals surface area contributed by atoms with E-state index in [1.807, 2.05) is 47.4 Å². The van der Waals surface area contributed by atoms with Crippen LogP contribution in [-0.2, 0) is 6.54 Å². The summed E-state index contributed by atoms with van der Waals surface area (Å²) in [6.45, 7) is 4.82. The molecule has 1 saturated heterocycles. The van der Waals surface area contributed by atoms with E-state index in [0.29, 0.717) is 5.88 Å². The van der Waals surface area contributed by atoms with Gasteiger partial charge < -0.3 is 9.64 Å². The van der Waals surface area contributed by atoms with Crippen molar-refractivity contribution in [2.45, 2.75) is 6.54 Å². The Labute approximate surface area is 175 Å². The zero-order chi connectivity index (χ0) is 20.3. The number of hydrogen-bond donors (Lipinski definition) is 0. The van der Waals surface area contributed by atoms with Crippen molar-refractivity contribution in [1.29, 1.82) is 0 Å². The van der Waals surface area contributed by atoms with Gasteiger partial charge in [-0.2, -0.15) is 5.10 Å². The van der Waals surface area contributed by atoms with Crippen molar-refractivity contribution in [3.05, 3.63) is 72.8 Å². The van der Waals surface area contributed by atoms with E-state index in [9.17, 15) is 0 Å². The molecule has 0 amide bonds. The fourth-order valence-electron chi connectivity index (χ4n) is 3.92. The third-order valence-corrected chi connectivity index (χ3v) is 5.57. The maximum absolute atomic E-state index is 5.15. The van der Waals surface area contributed by atoms with Gasteiger partial charge in [0.2, 0.25) is 5.88 Å². The van der Waals surface area contributed by atoms with E-state index in [1.165, 1.54) is 5.56 Å². The van der Waals surface area contributed by atoms with Crippen LogP contribution in [0.15, 0.2) is 67.3 Å². The molecule has 3 aromatic heterocycles. The lowest BCUT2D eigenvalue weighted by molar-refractivity contribution is 0.249. The molecule has 4 heterocycles. The first-order valence-corrected chi connectivity index (χ1v) is 10.2. The van der Waals surface area contributed by atoms with Crippen molar-refractivity contribution in [1.82, 2.24) is 24.5 Å². The first-order valence-electron chi connectivity index (χ1n) is 10.2. The molecule has 5 rings (SSSR count). The number of anilines is 1. The van der Waals surface area contributed by atoms with E-state index < -0.39 is 0 Å². The van der Waals surface area contributed by atoms with E-state index in [2.05, 4.69) is 44.3 Å². The third kappa shape index (κ3) is 3.71. The molecule has 7 heteroatoms. The van der Waals surface area contributed by atoms with Crippen LogP contribution in [-0.4, -0.2) is 57.8 Å². The number of methoxy groups -OCH3 is 1. The molecular formula is C23H24N6O. The summed E-state index contributed by atoms with van der Waals surface area (Å²) in [5.41, 5.74) is 5.40. The first kappa shape index (κ1) is 18.6. The van der Waals surface area contributed by atoms with Crippen molar-refractivity contribution in [2.24, 2.45) is 0 Å². The summed E-state index contributed by atoms with van der Waals surface area (Å²) < 4.78 is 7.03. The molecule has 4 aromatic rings. The summed E-state index contributed by atoms with van der Waals surface area (Å²) in [6, 6.07) is 14.3. The van der Waals surface area contributed by atoms with Gasteiger partial charge in [0.15, 0.2) is 5.65 Å². The molecule has 0 bridgehead atoms. The van der Waals surface area contributed by atoms with Gasteiger partial charge in [-0.1, -0.05) is 30.3 Å². The highest BCUT2D eigenvalue weighted by Gasteiger charge is 2.18. The predicted octanol–water partition coefficient (Wildman–Crippen LogP) is 3.12. The minimum Gasteiger partial charge on any atom is -0.481 e. The van der Waals surface area contributed by atoms with Crippen LogP contribution in [0.25, 0.3) is 16.8 Å². The highest BCUT2D eigenvalue weighted by molar-refractivity contribution is 5.76. The quantitative estimate of drug-likeness (QED) is 0.513. The Bertz CT molecular complexity index is 1120. The van der Waals surface area contributed by atoms with Crippen LogP contribution in [0.3, 0.4) is 0 Å². The molecule has 1 aromatic carbocycles. The van der Waals surface area contributed by atoms with Crippen LogP contribution in [0.5, 0.6) is 5.88 Å². The molecule has 0 spiro atoms. The molecule has 0 atom stereocenters. The van der Waals surface area contributed by atoms with Gasteiger partial charge in [0, 0.05) is 62.3 Å². The summed E-state index contributed by atoms with van der Waals surface area (Å²) in [7, 11) is 1.64. The highest BCUT2D eigenvalue weighted by atomic mass is 16.5. The maximum atomic E-state index is 5.15. The van der Waals surface area contributed by atoms with E-state index in [1.54, 1.807) is 7.11 Å². The lowest BCUT2D eigenvalue weighted by atomic mass is 10.1. The average molecular weight is 400 g/mol. The van der Waals surface area contributed by atoms with Crippen molar-refractivity contribution in [2.75, 3.05) is 38.2 Å². The number of nitrogens with zero attached hydrogens (tertiary/aromatic N) is 6. The molecule has 0 aliphatic carbocycles. The number of aromatic nitrogens is 4. The molecule has 30 heavy (non-hydrogen) atoms. The van der Waals surface area contributed by atoms with Crippen molar-refractivity contribution in [3.63, 3.8) is 0 Å². The number of pyridine rings is 1. The normalized spacial score (nSPS) is 14.9. The van der Waals surface area contributed by atoms with E-state index in [-0.39, 0.29) is 0 Å². The van der Waals surface area contributed by atoms with Crippen LogP contribution in [0.2, 0.25) is 0 Å². The SMILES string of the molecule is COc1ccc(N2CCN(Cc3cnc4c(-c5ccccc5)cnn4c3)CC2)cn1. The fourth-order valence-corrected chi connectivity index (χ4v) is 3.92. The molecule has 152 valence electrons. The van der Waals surface area contributed by atoms with Gasteiger partial charge in [0.1, 0.15) is 0 Å². The van der Waals surface area contributed by atoms with E-state index in [4.69, 9.17) is 9.72 Å². The maximum Gasteiger partial charge on any atom is 0.213 e. The molecule has 1 fully saturated rings. The first-order chi connectivity index (χ1) is 14.8. The van der Waals surface area contributed by atoms with Gasteiger partial charge in [-0.25, -0.2) is 14.5 Å². The molecule has 1 aliphatic rings. The summed E-state index contributed by atoms with van der Waals surface area (Å²) in [5.74, 6) is 0.648. The van der Waals surface area contributed by atoms with Crippen LogP contribution < -0.4 is 9.64 Å². The lowest BCUT2D eigenvalue weighted by Gasteiger charge is -2.35. The summed E-state index contributed by atoms with van der Waals surface area (Å²) in [5, 5.41) is 4.52. The van der Waals surface area contributed by atoms with E-state index in [0.717, 1.165) is 55.2 Å². The van der Waals surface area contributed by atoms with Crippen molar-refractivity contribution >= 4 is 11.3 Å². The molecule has 7 nitrogen and oxygen atoms in total. The zero-order valence-corrected chi connectivity index (χ0v) is 17.0. The van der Waals surface area contributed by atoms with Crippen molar-refractivity contribution in [3.8, 4) is 17.0 Å². The van der Waals surface area contributed by atoms with Crippen LogP contribution in [0.1, 0.15) is 5.56 Å². The predicted molar refractivity (Wildman–Crippen MR) is 117 cm³/mol. The van der Waals surface area contributed by atoms with Crippen LogP contribution in [0.4, 0.5) is 5.69 Å².